The van der Waals surface area contributed by atoms with Gasteiger partial charge >= 0.3 is 0 Å². The molecule has 3 rings (SSSR count). The molecule has 0 fully saturated rings. The maximum absolute atomic E-state index is 9.00. The molecular weight excluding hydrogens is 284 g/mol. The van der Waals surface area contributed by atoms with Crippen molar-refractivity contribution in [1.82, 2.24) is 4.98 Å². The van der Waals surface area contributed by atoms with Crippen molar-refractivity contribution in [1.29, 1.82) is 0 Å². The zero-order valence-corrected chi connectivity index (χ0v) is 13.6. The summed E-state index contributed by atoms with van der Waals surface area (Å²) in [6.07, 6.45) is 2.55. The molecule has 3 heteroatoms. The van der Waals surface area contributed by atoms with Crippen molar-refractivity contribution < 1.29 is 5.11 Å². The van der Waals surface area contributed by atoms with E-state index in [1.807, 2.05) is 12.3 Å². The van der Waals surface area contributed by atoms with Crippen LogP contribution in [0.3, 0.4) is 0 Å². The molecule has 0 bridgehead atoms. The third-order valence-electron chi connectivity index (χ3n) is 4.23. The van der Waals surface area contributed by atoms with Crippen LogP contribution in [0.2, 0.25) is 0 Å². The summed E-state index contributed by atoms with van der Waals surface area (Å²) >= 11 is 0. The van der Waals surface area contributed by atoms with E-state index in [1.165, 1.54) is 21.9 Å². The Labute approximate surface area is 137 Å². The first-order valence-electron chi connectivity index (χ1n) is 7.99. The van der Waals surface area contributed by atoms with Crippen LogP contribution in [0.15, 0.2) is 54.7 Å². The monoisotopic (exact) mass is 306 g/mol. The third kappa shape index (κ3) is 3.35. The van der Waals surface area contributed by atoms with E-state index in [0.29, 0.717) is 6.42 Å². The average Bonchev–Trinajstić information content (AvgIpc) is 2.56. The van der Waals surface area contributed by atoms with Gasteiger partial charge in [0.2, 0.25) is 0 Å². The van der Waals surface area contributed by atoms with Gasteiger partial charge in [0.05, 0.1) is 0 Å². The molecule has 3 aromatic rings. The summed E-state index contributed by atoms with van der Waals surface area (Å²) in [5, 5.41) is 14.9. The van der Waals surface area contributed by atoms with E-state index >= 15 is 0 Å². The number of hydrogen-bond donors (Lipinski definition) is 2. The SMILES string of the molecule is Cc1cccc2ccnc(NC(C)c3ccc(CCO)cc3)c12. The lowest BCUT2D eigenvalue weighted by Gasteiger charge is -2.17. The molecule has 1 heterocycles. The van der Waals surface area contributed by atoms with Crippen LogP contribution >= 0.6 is 0 Å². The molecule has 118 valence electrons. The van der Waals surface area contributed by atoms with Gasteiger partial charge in [-0.05, 0) is 48.4 Å². The molecule has 0 saturated carbocycles. The Morgan fingerprint density at radius 3 is 2.61 bits per heavy atom. The maximum atomic E-state index is 9.00. The van der Waals surface area contributed by atoms with E-state index in [4.69, 9.17) is 5.11 Å². The molecule has 0 aliphatic heterocycles. The smallest absolute Gasteiger partial charge is 0.134 e. The molecule has 3 nitrogen and oxygen atoms in total. The number of aryl methyl sites for hydroxylation is 1. The van der Waals surface area contributed by atoms with Gasteiger partial charge in [-0.1, -0.05) is 42.5 Å². The molecule has 0 spiro atoms. The summed E-state index contributed by atoms with van der Waals surface area (Å²) in [6.45, 7) is 4.44. The van der Waals surface area contributed by atoms with E-state index in [2.05, 4.69) is 66.6 Å². The summed E-state index contributed by atoms with van der Waals surface area (Å²) in [7, 11) is 0. The Hall–Kier alpha value is -2.39. The van der Waals surface area contributed by atoms with Crippen LogP contribution in [0.5, 0.6) is 0 Å². The number of anilines is 1. The molecule has 0 aliphatic rings. The highest BCUT2D eigenvalue weighted by molar-refractivity contribution is 5.94. The van der Waals surface area contributed by atoms with Crippen molar-refractivity contribution >= 4 is 16.6 Å². The van der Waals surface area contributed by atoms with Gasteiger partial charge < -0.3 is 10.4 Å². The van der Waals surface area contributed by atoms with Gasteiger partial charge in [0, 0.05) is 24.2 Å². The van der Waals surface area contributed by atoms with Gasteiger partial charge in [-0.3, -0.25) is 0 Å². The first-order chi connectivity index (χ1) is 11.2. The van der Waals surface area contributed by atoms with E-state index in [9.17, 15) is 0 Å². The normalized spacial score (nSPS) is 12.3. The van der Waals surface area contributed by atoms with E-state index in [1.54, 1.807) is 0 Å². The number of nitrogens with one attached hydrogen (secondary N) is 1. The highest BCUT2D eigenvalue weighted by atomic mass is 16.2. The van der Waals surface area contributed by atoms with Crippen LogP contribution in [0.1, 0.15) is 29.7 Å². The third-order valence-corrected chi connectivity index (χ3v) is 4.23. The van der Waals surface area contributed by atoms with Gasteiger partial charge in [0.15, 0.2) is 0 Å². The second kappa shape index (κ2) is 6.80. The number of pyridine rings is 1. The number of aliphatic hydroxyl groups is 1. The zero-order valence-electron chi connectivity index (χ0n) is 13.6. The van der Waals surface area contributed by atoms with Crippen molar-refractivity contribution in [2.45, 2.75) is 26.3 Å². The largest absolute Gasteiger partial charge is 0.396 e. The number of hydrogen-bond acceptors (Lipinski definition) is 3. The van der Waals surface area contributed by atoms with Crippen molar-refractivity contribution in [3.63, 3.8) is 0 Å². The van der Waals surface area contributed by atoms with E-state index < -0.39 is 0 Å². The Bertz CT molecular complexity index is 791. The lowest BCUT2D eigenvalue weighted by atomic mass is 10.0. The standard InChI is InChI=1S/C20H22N2O/c1-14-4-3-5-18-10-12-21-20(19(14)18)22-15(2)17-8-6-16(7-9-17)11-13-23/h3-10,12,15,23H,11,13H2,1-2H3,(H,21,22). The molecule has 0 saturated heterocycles. The first-order valence-corrected chi connectivity index (χ1v) is 7.99. The molecule has 2 aromatic carbocycles. The minimum atomic E-state index is 0.163. The molecule has 1 unspecified atom stereocenters. The number of aliphatic hydroxyl groups excluding tert-OH is 1. The van der Waals surface area contributed by atoms with Gasteiger partial charge in [-0.25, -0.2) is 4.98 Å². The second-order valence-corrected chi connectivity index (χ2v) is 5.91. The van der Waals surface area contributed by atoms with Crippen molar-refractivity contribution in [2.24, 2.45) is 0 Å². The lowest BCUT2D eigenvalue weighted by molar-refractivity contribution is 0.299. The number of nitrogens with zero attached hydrogens (tertiary/aromatic N) is 1. The molecule has 0 amide bonds. The predicted molar refractivity (Wildman–Crippen MR) is 95.7 cm³/mol. The fraction of sp³-hybridized carbons (Fsp3) is 0.250. The fourth-order valence-corrected chi connectivity index (χ4v) is 2.91. The quantitative estimate of drug-likeness (QED) is 0.740. The second-order valence-electron chi connectivity index (χ2n) is 5.91. The Morgan fingerprint density at radius 2 is 1.87 bits per heavy atom. The lowest BCUT2D eigenvalue weighted by Crippen LogP contribution is -2.08. The Kier molecular flexibility index (Phi) is 4.58. The first kappa shape index (κ1) is 15.5. The highest BCUT2D eigenvalue weighted by Gasteiger charge is 2.10. The van der Waals surface area contributed by atoms with Crippen LogP contribution in [0.4, 0.5) is 5.82 Å². The molecule has 0 radical (unpaired) electrons. The number of fused-ring (bicyclic) bond motifs is 1. The van der Waals surface area contributed by atoms with E-state index in [-0.39, 0.29) is 12.6 Å². The van der Waals surface area contributed by atoms with Gasteiger partial charge in [0.1, 0.15) is 5.82 Å². The number of aromatic nitrogens is 1. The number of benzene rings is 2. The number of rotatable bonds is 5. The summed E-state index contributed by atoms with van der Waals surface area (Å²) in [6, 6.07) is 16.9. The molecule has 1 atom stereocenters. The van der Waals surface area contributed by atoms with Crippen molar-refractivity contribution in [2.75, 3.05) is 11.9 Å². The van der Waals surface area contributed by atoms with Crippen LogP contribution < -0.4 is 5.32 Å². The van der Waals surface area contributed by atoms with E-state index in [0.717, 1.165) is 11.4 Å². The topological polar surface area (TPSA) is 45.2 Å². The van der Waals surface area contributed by atoms with Crippen molar-refractivity contribution in [3.8, 4) is 0 Å². The average molecular weight is 306 g/mol. The minimum absolute atomic E-state index is 0.163. The minimum Gasteiger partial charge on any atom is -0.396 e. The van der Waals surface area contributed by atoms with Gasteiger partial charge in [-0.15, -0.1) is 0 Å². The zero-order chi connectivity index (χ0) is 16.2. The highest BCUT2D eigenvalue weighted by Crippen LogP contribution is 2.27. The molecular formula is C20H22N2O. The van der Waals surface area contributed by atoms with Gasteiger partial charge in [0.25, 0.3) is 0 Å². The van der Waals surface area contributed by atoms with Crippen LogP contribution in [-0.2, 0) is 6.42 Å². The van der Waals surface area contributed by atoms with Crippen molar-refractivity contribution in [3.05, 3.63) is 71.4 Å². The van der Waals surface area contributed by atoms with Crippen LogP contribution in [-0.4, -0.2) is 16.7 Å². The summed E-state index contributed by atoms with van der Waals surface area (Å²) < 4.78 is 0. The maximum Gasteiger partial charge on any atom is 0.134 e. The summed E-state index contributed by atoms with van der Waals surface area (Å²) in [5.74, 6) is 0.924. The Morgan fingerprint density at radius 1 is 1.09 bits per heavy atom. The molecule has 23 heavy (non-hydrogen) atoms. The summed E-state index contributed by atoms with van der Waals surface area (Å²) in [5.41, 5.74) is 3.59. The molecule has 1 aromatic heterocycles. The predicted octanol–water partition coefficient (Wildman–Crippen LogP) is 4.25. The Balaban J connectivity index is 1.87. The molecule has 0 aliphatic carbocycles. The van der Waals surface area contributed by atoms with Crippen LogP contribution in [0, 0.1) is 6.92 Å². The molecule has 2 N–H and O–H groups in total. The van der Waals surface area contributed by atoms with Crippen LogP contribution in [0.25, 0.3) is 10.8 Å². The fourth-order valence-electron chi connectivity index (χ4n) is 2.91. The van der Waals surface area contributed by atoms with Gasteiger partial charge in [-0.2, -0.15) is 0 Å². The summed E-state index contributed by atoms with van der Waals surface area (Å²) in [4.78, 5) is 4.54.